The van der Waals surface area contributed by atoms with Crippen molar-refractivity contribution in [3.63, 3.8) is 0 Å². The number of aryl methyl sites for hydroxylation is 2. The van der Waals surface area contributed by atoms with Gasteiger partial charge in [0.05, 0.1) is 11.4 Å². The Morgan fingerprint density at radius 3 is 1.88 bits per heavy atom. The fourth-order valence-electron chi connectivity index (χ4n) is 3.32. The van der Waals surface area contributed by atoms with Crippen molar-refractivity contribution in [3.8, 4) is 0 Å². The lowest BCUT2D eigenvalue weighted by Gasteiger charge is -2.27. The van der Waals surface area contributed by atoms with E-state index in [0.29, 0.717) is 5.82 Å². The van der Waals surface area contributed by atoms with Crippen LogP contribution in [0.3, 0.4) is 0 Å². The van der Waals surface area contributed by atoms with Crippen molar-refractivity contribution >= 4 is 11.4 Å². The van der Waals surface area contributed by atoms with Crippen LogP contribution in [0.1, 0.15) is 24.0 Å². The van der Waals surface area contributed by atoms with Crippen molar-refractivity contribution in [2.75, 3.05) is 22.9 Å². The molecule has 0 aromatic heterocycles. The summed E-state index contributed by atoms with van der Waals surface area (Å²) in [4.78, 5) is 4.42. The molecule has 0 unspecified atom stereocenters. The molecule has 80 valence electrons. The van der Waals surface area contributed by atoms with Crippen LogP contribution in [-0.4, -0.2) is 13.1 Å². The molecule has 4 rings (SSSR count). The summed E-state index contributed by atoms with van der Waals surface area (Å²) in [7, 11) is 0. The average Bonchev–Trinajstić information content (AvgIpc) is 2.64. The summed E-state index contributed by atoms with van der Waals surface area (Å²) in [6, 6.07) is 4.56. The Kier molecular flexibility index (Phi) is 1.53. The van der Waals surface area contributed by atoms with Gasteiger partial charge in [0, 0.05) is 19.7 Å². The van der Waals surface area contributed by atoms with Crippen molar-refractivity contribution in [1.29, 1.82) is 0 Å². The van der Waals surface area contributed by atoms with Crippen LogP contribution in [-0.2, 0) is 12.8 Å². The summed E-state index contributed by atoms with van der Waals surface area (Å²) in [5, 5.41) is 0. The third-order valence-electron chi connectivity index (χ3n) is 4.03. The Balaban J connectivity index is 2.04. The zero-order valence-corrected chi connectivity index (χ0v) is 9.29. The Morgan fingerprint density at radius 2 is 1.38 bits per heavy atom. The van der Waals surface area contributed by atoms with Crippen molar-refractivity contribution in [2.45, 2.75) is 25.7 Å². The summed E-state index contributed by atoms with van der Waals surface area (Å²) < 4.78 is 0. The number of hydrogen-bond donors (Lipinski definition) is 0. The zero-order valence-electron chi connectivity index (χ0n) is 9.29. The van der Waals surface area contributed by atoms with Gasteiger partial charge in [0.15, 0.2) is 0 Å². The Hall–Kier alpha value is -1.44. The summed E-state index contributed by atoms with van der Waals surface area (Å²) in [6.07, 6.45) is 4.73. The second-order valence-corrected chi connectivity index (χ2v) is 4.92. The van der Waals surface area contributed by atoms with E-state index in [0.717, 1.165) is 13.1 Å². The highest BCUT2D eigenvalue weighted by Gasteiger charge is 2.37. The normalized spacial score (nSPS) is 21.4. The number of anilines is 2. The van der Waals surface area contributed by atoms with Gasteiger partial charge in [0.1, 0.15) is 5.82 Å². The molecule has 2 heteroatoms. The minimum absolute atomic E-state index is 0.711. The predicted octanol–water partition coefficient (Wildman–Crippen LogP) is 2.36. The van der Waals surface area contributed by atoms with Crippen molar-refractivity contribution in [3.05, 3.63) is 35.7 Å². The maximum atomic E-state index is 8.26. The van der Waals surface area contributed by atoms with Crippen LogP contribution in [0.5, 0.6) is 0 Å². The molecule has 0 atom stereocenters. The van der Waals surface area contributed by atoms with E-state index in [2.05, 4.69) is 21.9 Å². The molecule has 0 amide bonds. The van der Waals surface area contributed by atoms with Gasteiger partial charge in [0.25, 0.3) is 0 Å². The lowest BCUT2D eigenvalue weighted by molar-refractivity contribution is 0.728. The third kappa shape index (κ3) is 0.885. The quantitative estimate of drug-likeness (QED) is 0.648. The SMILES string of the molecule is [C]=C1N2CCCc3ccc4c(c32)N1CCC4. The fraction of sp³-hybridized carbons (Fsp3) is 0.429. The molecule has 0 aliphatic carbocycles. The van der Waals surface area contributed by atoms with E-state index in [1.807, 2.05) is 0 Å². The zero-order chi connectivity index (χ0) is 10.7. The van der Waals surface area contributed by atoms with Gasteiger partial charge in [-0.25, -0.2) is 0 Å². The van der Waals surface area contributed by atoms with Gasteiger partial charge in [-0.2, -0.15) is 0 Å². The van der Waals surface area contributed by atoms with Crippen LogP contribution in [0.15, 0.2) is 18.0 Å². The molecule has 2 radical (unpaired) electrons. The van der Waals surface area contributed by atoms with Crippen LogP contribution < -0.4 is 9.80 Å². The molecule has 0 N–H and O–H groups in total. The molecule has 3 aliphatic heterocycles. The number of hydrogen-bond acceptors (Lipinski definition) is 2. The molecule has 0 bridgehead atoms. The summed E-state index contributed by atoms with van der Waals surface area (Å²) in [5.74, 6) is 0.711. The van der Waals surface area contributed by atoms with E-state index in [1.54, 1.807) is 0 Å². The predicted molar refractivity (Wildman–Crippen MR) is 64.5 cm³/mol. The Morgan fingerprint density at radius 1 is 0.875 bits per heavy atom. The fourth-order valence-corrected chi connectivity index (χ4v) is 3.32. The smallest absolute Gasteiger partial charge is 0.122 e. The maximum absolute atomic E-state index is 8.26. The van der Waals surface area contributed by atoms with E-state index in [1.165, 1.54) is 48.2 Å². The molecule has 1 aromatic carbocycles. The number of nitrogens with zero attached hydrogens (tertiary/aromatic N) is 2. The molecular formula is C14H14N2. The van der Waals surface area contributed by atoms with Gasteiger partial charge < -0.3 is 9.80 Å². The van der Waals surface area contributed by atoms with E-state index >= 15 is 0 Å². The van der Waals surface area contributed by atoms with Crippen LogP contribution in [0.2, 0.25) is 0 Å². The van der Waals surface area contributed by atoms with Crippen LogP contribution in [0.4, 0.5) is 11.4 Å². The van der Waals surface area contributed by atoms with Crippen molar-refractivity contribution in [2.24, 2.45) is 0 Å². The highest BCUT2D eigenvalue weighted by atomic mass is 15.4. The molecule has 16 heavy (non-hydrogen) atoms. The highest BCUT2D eigenvalue weighted by Crippen LogP contribution is 2.49. The highest BCUT2D eigenvalue weighted by molar-refractivity contribution is 5.88. The Labute approximate surface area is 96.2 Å². The molecule has 3 heterocycles. The lowest BCUT2D eigenvalue weighted by atomic mass is 9.95. The first kappa shape index (κ1) is 8.68. The second-order valence-electron chi connectivity index (χ2n) is 4.92. The monoisotopic (exact) mass is 210 g/mol. The first-order valence-corrected chi connectivity index (χ1v) is 6.14. The van der Waals surface area contributed by atoms with E-state index in [9.17, 15) is 0 Å². The topological polar surface area (TPSA) is 6.48 Å². The molecule has 3 aliphatic rings. The maximum Gasteiger partial charge on any atom is 0.122 e. The second kappa shape index (κ2) is 2.82. The van der Waals surface area contributed by atoms with Gasteiger partial charge in [0.2, 0.25) is 0 Å². The molecule has 0 spiro atoms. The Bertz CT molecular complexity index is 447. The van der Waals surface area contributed by atoms with E-state index < -0.39 is 0 Å². The molecule has 0 saturated heterocycles. The van der Waals surface area contributed by atoms with Gasteiger partial charge in [-0.3, -0.25) is 0 Å². The molecule has 0 saturated carbocycles. The minimum Gasteiger partial charge on any atom is -0.325 e. The van der Waals surface area contributed by atoms with Crippen LogP contribution in [0.25, 0.3) is 0 Å². The minimum atomic E-state index is 0.711. The lowest BCUT2D eigenvalue weighted by Crippen LogP contribution is -2.31. The first-order valence-electron chi connectivity index (χ1n) is 6.14. The molecule has 2 nitrogen and oxygen atoms in total. The average molecular weight is 210 g/mol. The standard InChI is InChI=1S/C14H14N2/c1-10-15-8-2-4-11-6-7-12-5-3-9-16(10)14(12)13(11)15/h6-7H,2-5,8-9H2. The van der Waals surface area contributed by atoms with Gasteiger partial charge in [-0.1, -0.05) is 12.1 Å². The molecular weight excluding hydrogens is 196 g/mol. The van der Waals surface area contributed by atoms with Gasteiger partial charge in [-0.05, 0) is 36.8 Å². The number of rotatable bonds is 0. The molecule has 1 aromatic rings. The van der Waals surface area contributed by atoms with E-state index in [4.69, 9.17) is 6.58 Å². The molecule has 0 fully saturated rings. The summed E-state index contributed by atoms with van der Waals surface area (Å²) >= 11 is 0. The van der Waals surface area contributed by atoms with Crippen LogP contribution >= 0.6 is 0 Å². The van der Waals surface area contributed by atoms with E-state index in [-0.39, 0.29) is 0 Å². The van der Waals surface area contributed by atoms with Gasteiger partial charge >= 0.3 is 0 Å². The van der Waals surface area contributed by atoms with Crippen molar-refractivity contribution < 1.29 is 0 Å². The largest absolute Gasteiger partial charge is 0.325 e. The number of benzene rings is 1. The van der Waals surface area contributed by atoms with Crippen LogP contribution in [0, 0.1) is 6.58 Å². The summed E-state index contributed by atoms with van der Waals surface area (Å²) in [5.41, 5.74) is 5.60. The summed E-state index contributed by atoms with van der Waals surface area (Å²) in [6.45, 7) is 10.3. The third-order valence-corrected chi connectivity index (χ3v) is 4.03. The van der Waals surface area contributed by atoms with Gasteiger partial charge in [-0.15, -0.1) is 0 Å². The first-order chi connectivity index (χ1) is 7.86. The van der Waals surface area contributed by atoms with Crippen molar-refractivity contribution in [1.82, 2.24) is 0 Å².